The maximum atomic E-state index is 12.6. The number of rotatable bonds is 5. The van der Waals surface area contributed by atoms with Crippen LogP contribution in [0.5, 0.6) is 0 Å². The van der Waals surface area contributed by atoms with Crippen molar-refractivity contribution in [2.45, 2.75) is 31.7 Å². The van der Waals surface area contributed by atoms with Gasteiger partial charge in [-0.2, -0.15) is 4.31 Å². The highest BCUT2D eigenvalue weighted by molar-refractivity contribution is 7.89. The van der Waals surface area contributed by atoms with Gasteiger partial charge in [0.15, 0.2) is 0 Å². The number of hydrogen-bond donors (Lipinski definition) is 1. The Morgan fingerprint density at radius 3 is 2.67 bits per heavy atom. The number of aryl methyl sites for hydroxylation is 1. The van der Waals surface area contributed by atoms with Crippen LogP contribution >= 0.6 is 11.3 Å². The van der Waals surface area contributed by atoms with Gasteiger partial charge in [-0.3, -0.25) is 4.79 Å². The summed E-state index contributed by atoms with van der Waals surface area (Å²) in [6.45, 7) is 4.59. The van der Waals surface area contributed by atoms with Crippen molar-refractivity contribution in [1.82, 2.24) is 9.29 Å². The molecule has 0 fully saturated rings. The SMILES string of the molecule is Cc1nc2ccc(S(=O)(=O)N(CC(=O)O)C(C)C)cc2s1. The van der Waals surface area contributed by atoms with Crippen molar-refractivity contribution in [3.05, 3.63) is 23.2 Å². The highest BCUT2D eigenvalue weighted by Crippen LogP contribution is 2.26. The molecule has 0 amide bonds. The predicted octanol–water partition coefficient (Wildman–Crippen LogP) is 2.09. The van der Waals surface area contributed by atoms with Crippen LogP contribution in [0.2, 0.25) is 0 Å². The Hall–Kier alpha value is -1.51. The monoisotopic (exact) mass is 328 g/mol. The molecule has 1 aromatic heterocycles. The molecule has 0 unspecified atom stereocenters. The predicted molar refractivity (Wildman–Crippen MR) is 81.0 cm³/mol. The van der Waals surface area contributed by atoms with E-state index in [1.165, 1.54) is 17.4 Å². The van der Waals surface area contributed by atoms with Gasteiger partial charge in [-0.05, 0) is 39.0 Å². The van der Waals surface area contributed by atoms with Gasteiger partial charge in [-0.15, -0.1) is 11.3 Å². The van der Waals surface area contributed by atoms with Crippen LogP contribution in [0.4, 0.5) is 0 Å². The topological polar surface area (TPSA) is 87.6 Å². The van der Waals surface area contributed by atoms with E-state index in [1.54, 1.807) is 26.0 Å². The van der Waals surface area contributed by atoms with Crippen molar-refractivity contribution < 1.29 is 18.3 Å². The molecule has 0 bridgehead atoms. The second-order valence-electron chi connectivity index (χ2n) is 4.90. The number of benzene rings is 1. The minimum atomic E-state index is -3.85. The maximum absolute atomic E-state index is 12.6. The summed E-state index contributed by atoms with van der Waals surface area (Å²) in [5, 5.41) is 9.76. The lowest BCUT2D eigenvalue weighted by Gasteiger charge is -2.24. The molecule has 0 saturated carbocycles. The molecular formula is C13H16N2O4S2. The standard InChI is InChI=1S/C13H16N2O4S2/c1-8(2)15(7-13(16)17)21(18,19)10-4-5-11-12(6-10)20-9(3)14-11/h4-6,8H,7H2,1-3H3,(H,16,17). The van der Waals surface area contributed by atoms with Gasteiger partial charge in [0.2, 0.25) is 10.0 Å². The van der Waals surface area contributed by atoms with E-state index in [2.05, 4.69) is 4.98 Å². The second-order valence-corrected chi connectivity index (χ2v) is 8.03. The molecule has 0 aliphatic rings. The molecule has 6 nitrogen and oxygen atoms in total. The first-order valence-corrected chi connectivity index (χ1v) is 8.58. The summed E-state index contributed by atoms with van der Waals surface area (Å²) in [5.74, 6) is -1.18. The van der Waals surface area contributed by atoms with E-state index in [0.717, 1.165) is 19.5 Å². The van der Waals surface area contributed by atoms with Crippen LogP contribution in [0, 0.1) is 6.92 Å². The Morgan fingerprint density at radius 1 is 1.43 bits per heavy atom. The highest BCUT2D eigenvalue weighted by atomic mass is 32.2. The van der Waals surface area contributed by atoms with Gasteiger partial charge < -0.3 is 5.11 Å². The third-order valence-electron chi connectivity index (χ3n) is 2.94. The highest BCUT2D eigenvalue weighted by Gasteiger charge is 2.29. The number of carboxylic acid groups (broad SMARTS) is 1. The lowest BCUT2D eigenvalue weighted by Crippen LogP contribution is -2.40. The molecule has 1 aromatic carbocycles. The average Bonchev–Trinajstić information content (AvgIpc) is 2.74. The third kappa shape index (κ3) is 3.22. The lowest BCUT2D eigenvalue weighted by molar-refractivity contribution is -0.137. The van der Waals surface area contributed by atoms with Crippen molar-refractivity contribution >= 4 is 37.5 Å². The van der Waals surface area contributed by atoms with Crippen LogP contribution in [-0.4, -0.2) is 41.4 Å². The van der Waals surface area contributed by atoms with Crippen molar-refractivity contribution in [1.29, 1.82) is 0 Å². The first-order valence-electron chi connectivity index (χ1n) is 6.32. The van der Waals surface area contributed by atoms with Gasteiger partial charge >= 0.3 is 5.97 Å². The zero-order valence-corrected chi connectivity index (χ0v) is 13.5. The Kier molecular flexibility index (Phi) is 4.31. The van der Waals surface area contributed by atoms with Crippen LogP contribution in [0.25, 0.3) is 10.2 Å². The summed E-state index contributed by atoms with van der Waals surface area (Å²) >= 11 is 1.41. The van der Waals surface area contributed by atoms with Crippen molar-refractivity contribution in [2.24, 2.45) is 0 Å². The molecule has 0 aliphatic carbocycles. The van der Waals surface area contributed by atoms with Crippen LogP contribution in [-0.2, 0) is 14.8 Å². The Labute approximate surface area is 127 Å². The van der Waals surface area contributed by atoms with E-state index in [4.69, 9.17) is 5.11 Å². The smallest absolute Gasteiger partial charge is 0.318 e. The van der Waals surface area contributed by atoms with Crippen molar-refractivity contribution in [3.63, 3.8) is 0 Å². The normalized spacial score (nSPS) is 12.4. The van der Waals surface area contributed by atoms with E-state index in [0.29, 0.717) is 0 Å². The zero-order chi connectivity index (χ0) is 15.8. The maximum Gasteiger partial charge on any atom is 0.318 e. The molecule has 1 heterocycles. The Bertz CT molecular complexity index is 781. The van der Waals surface area contributed by atoms with Gasteiger partial charge in [-0.25, -0.2) is 13.4 Å². The number of carboxylic acids is 1. The molecule has 0 aliphatic heterocycles. The fourth-order valence-electron chi connectivity index (χ4n) is 1.99. The summed E-state index contributed by atoms with van der Waals surface area (Å²) in [7, 11) is -3.85. The lowest BCUT2D eigenvalue weighted by atomic mass is 10.3. The Balaban J connectivity index is 2.50. The van der Waals surface area contributed by atoms with E-state index >= 15 is 0 Å². The van der Waals surface area contributed by atoms with Crippen LogP contribution in [0.15, 0.2) is 23.1 Å². The molecule has 0 saturated heterocycles. The second kappa shape index (κ2) is 5.70. The number of hydrogen-bond acceptors (Lipinski definition) is 5. The number of nitrogens with zero attached hydrogens (tertiary/aromatic N) is 2. The Morgan fingerprint density at radius 2 is 2.10 bits per heavy atom. The summed E-state index contributed by atoms with van der Waals surface area (Å²) in [6, 6.07) is 4.22. The van der Waals surface area contributed by atoms with E-state index < -0.39 is 28.6 Å². The third-order valence-corrected chi connectivity index (χ3v) is 5.89. The average molecular weight is 328 g/mol. The molecule has 114 valence electrons. The molecule has 8 heteroatoms. The van der Waals surface area contributed by atoms with Crippen LogP contribution in [0.1, 0.15) is 18.9 Å². The fraction of sp³-hybridized carbons (Fsp3) is 0.385. The number of aliphatic carboxylic acids is 1. The summed E-state index contributed by atoms with van der Waals surface area (Å²) in [4.78, 5) is 15.3. The zero-order valence-electron chi connectivity index (χ0n) is 11.9. The number of aromatic nitrogens is 1. The van der Waals surface area contributed by atoms with Gasteiger partial charge in [-0.1, -0.05) is 0 Å². The number of thiazole rings is 1. The minimum Gasteiger partial charge on any atom is -0.480 e. The largest absolute Gasteiger partial charge is 0.480 e. The molecule has 0 spiro atoms. The van der Waals surface area contributed by atoms with Crippen LogP contribution in [0.3, 0.4) is 0 Å². The first kappa shape index (κ1) is 15.9. The van der Waals surface area contributed by atoms with Crippen LogP contribution < -0.4 is 0 Å². The molecule has 2 aromatic rings. The number of carbonyl (C=O) groups is 1. The molecule has 0 atom stereocenters. The van der Waals surface area contributed by atoms with Crippen molar-refractivity contribution in [3.8, 4) is 0 Å². The molecule has 21 heavy (non-hydrogen) atoms. The summed E-state index contributed by atoms with van der Waals surface area (Å²) < 4.78 is 27.0. The van der Waals surface area contributed by atoms with Gasteiger partial charge in [0.05, 0.1) is 20.1 Å². The van der Waals surface area contributed by atoms with Gasteiger partial charge in [0, 0.05) is 6.04 Å². The van der Waals surface area contributed by atoms with Gasteiger partial charge in [0.25, 0.3) is 0 Å². The quantitative estimate of drug-likeness (QED) is 0.908. The molecule has 1 N–H and O–H groups in total. The van der Waals surface area contributed by atoms with E-state index in [-0.39, 0.29) is 4.90 Å². The summed E-state index contributed by atoms with van der Waals surface area (Å²) in [6.07, 6.45) is 0. The number of fused-ring (bicyclic) bond motifs is 1. The molecule has 0 radical (unpaired) electrons. The minimum absolute atomic E-state index is 0.0913. The fourth-order valence-corrected chi connectivity index (χ4v) is 4.55. The number of sulfonamides is 1. The summed E-state index contributed by atoms with van der Waals surface area (Å²) in [5.41, 5.74) is 0.741. The van der Waals surface area contributed by atoms with E-state index in [1.807, 2.05) is 6.92 Å². The molecular weight excluding hydrogens is 312 g/mol. The first-order chi connectivity index (χ1) is 9.71. The van der Waals surface area contributed by atoms with E-state index in [9.17, 15) is 13.2 Å². The van der Waals surface area contributed by atoms with Crippen molar-refractivity contribution in [2.75, 3.05) is 6.54 Å². The van der Waals surface area contributed by atoms with Gasteiger partial charge in [0.1, 0.15) is 6.54 Å². The molecule has 2 rings (SSSR count).